The Morgan fingerprint density at radius 2 is 2.07 bits per heavy atom. The third kappa shape index (κ3) is 1.44. The maximum atomic E-state index is 11.3. The second-order valence-corrected chi connectivity index (χ2v) is 5.41. The second kappa shape index (κ2) is 3.55. The first-order chi connectivity index (χ1) is 6.65. The van der Waals surface area contributed by atoms with Crippen LogP contribution in [0.15, 0.2) is 12.1 Å². The molecule has 0 amide bonds. The Labute approximate surface area is 91.5 Å². The summed E-state index contributed by atoms with van der Waals surface area (Å²) in [4.78, 5) is 12.2. The normalized spacial score (nSPS) is 19.8. The van der Waals surface area contributed by atoms with Crippen molar-refractivity contribution in [1.82, 2.24) is 0 Å². The van der Waals surface area contributed by atoms with Gasteiger partial charge in [-0.15, -0.1) is 11.3 Å². The van der Waals surface area contributed by atoms with Gasteiger partial charge < -0.3 is 5.11 Å². The molecular weight excluding hydrogens is 220 g/mol. The summed E-state index contributed by atoms with van der Waals surface area (Å²) in [5, 5.41) is 9.29. The fourth-order valence-corrected chi connectivity index (χ4v) is 3.40. The van der Waals surface area contributed by atoms with E-state index in [9.17, 15) is 9.90 Å². The molecule has 2 nitrogen and oxygen atoms in total. The van der Waals surface area contributed by atoms with Crippen LogP contribution in [0, 0.1) is 0 Å². The van der Waals surface area contributed by atoms with Crippen LogP contribution >= 0.6 is 22.9 Å². The minimum absolute atomic E-state index is 0.641. The van der Waals surface area contributed by atoms with E-state index in [0.29, 0.717) is 4.34 Å². The average molecular weight is 231 g/mol. The molecule has 0 bridgehead atoms. The molecule has 0 saturated heterocycles. The SMILES string of the molecule is O=C(O)C1(c2ccc(Cl)s2)CCCC1. The summed E-state index contributed by atoms with van der Waals surface area (Å²) in [7, 11) is 0. The summed E-state index contributed by atoms with van der Waals surface area (Å²) in [5.41, 5.74) is -0.641. The third-order valence-electron chi connectivity index (χ3n) is 2.91. The molecule has 0 unspecified atom stereocenters. The summed E-state index contributed by atoms with van der Waals surface area (Å²) in [6.07, 6.45) is 3.50. The molecule has 4 heteroatoms. The van der Waals surface area contributed by atoms with Gasteiger partial charge in [-0.25, -0.2) is 0 Å². The van der Waals surface area contributed by atoms with Crippen LogP contribution in [0.1, 0.15) is 30.6 Å². The highest BCUT2D eigenvalue weighted by Crippen LogP contribution is 2.44. The molecule has 0 aliphatic heterocycles. The molecule has 1 aromatic heterocycles. The van der Waals surface area contributed by atoms with Crippen LogP contribution in [0.5, 0.6) is 0 Å². The minimum atomic E-state index is -0.700. The van der Waals surface area contributed by atoms with Crippen molar-refractivity contribution in [2.75, 3.05) is 0 Å². The van der Waals surface area contributed by atoms with Crippen LogP contribution in [0.25, 0.3) is 0 Å². The van der Waals surface area contributed by atoms with Crippen LogP contribution in [0.4, 0.5) is 0 Å². The smallest absolute Gasteiger partial charge is 0.314 e. The summed E-state index contributed by atoms with van der Waals surface area (Å²) >= 11 is 7.23. The molecule has 0 atom stereocenters. The van der Waals surface area contributed by atoms with E-state index in [0.717, 1.165) is 30.6 Å². The predicted octanol–water partition coefficient (Wildman–Crippen LogP) is 3.30. The summed E-state index contributed by atoms with van der Waals surface area (Å²) in [6, 6.07) is 3.64. The fourth-order valence-electron chi connectivity index (χ4n) is 2.12. The van der Waals surface area contributed by atoms with Gasteiger partial charge in [0, 0.05) is 4.88 Å². The molecular formula is C10H11ClO2S. The average Bonchev–Trinajstić information content (AvgIpc) is 2.71. The fraction of sp³-hybridized carbons (Fsp3) is 0.500. The molecule has 76 valence electrons. The molecule has 1 aromatic rings. The van der Waals surface area contributed by atoms with E-state index < -0.39 is 11.4 Å². The maximum Gasteiger partial charge on any atom is 0.314 e. The van der Waals surface area contributed by atoms with Crippen molar-refractivity contribution in [1.29, 1.82) is 0 Å². The van der Waals surface area contributed by atoms with Crippen molar-refractivity contribution in [3.8, 4) is 0 Å². The lowest BCUT2D eigenvalue weighted by molar-refractivity contribution is -0.143. The van der Waals surface area contributed by atoms with Crippen LogP contribution < -0.4 is 0 Å². The van der Waals surface area contributed by atoms with Gasteiger partial charge in [0.05, 0.1) is 4.34 Å². The topological polar surface area (TPSA) is 37.3 Å². The Morgan fingerprint density at radius 1 is 1.43 bits per heavy atom. The molecule has 14 heavy (non-hydrogen) atoms. The number of carboxylic acids is 1. The van der Waals surface area contributed by atoms with Gasteiger partial charge in [-0.3, -0.25) is 4.79 Å². The molecule has 0 spiro atoms. The van der Waals surface area contributed by atoms with E-state index >= 15 is 0 Å². The lowest BCUT2D eigenvalue weighted by Crippen LogP contribution is -2.31. The largest absolute Gasteiger partial charge is 0.481 e. The minimum Gasteiger partial charge on any atom is -0.481 e. The molecule has 2 rings (SSSR count). The monoisotopic (exact) mass is 230 g/mol. The first kappa shape index (κ1) is 9.99. The van der Waals surface area contributed by atoms with Crippen molar-refractivity contribution >= 4 is 28.9 Å². The molecule has 1 saturated carbocycles. The van der Waals surface area contributed by atoms with Crippen molar-refractivity contribution in [3.63, 3.8) is 0 Å². The zero-order valence-corrected chi connectivity index (χ0v) is 9.20. The highest BCUT2D eigenvalue weighted by Gasteiger charge is 2.43. The van der Waals surface area contributed by atoms with Crippen molar-refractivity contribution in [2.45, 2.75) is 31.1 Å². The summed E-state index contributed by atoms with van der Waals surface area (Å²) in [5.74, 6) is -0.700. The lowest BCUT2D eigenvalue weighted by atomic mass is 9.85. The van der Waals surface area contributed by atoms with E-state index in [1.807, 2.05) is 6.07 Å². The van der Waals surface area contributed by atoms with E-state index in [2.05, 4.69) is 0 Å². The third-order valence-corrected chi connectivity index (χ3v) is 4.35. The number of hydrogen-bond donors (Lipinski definition) is 1. The van der Waals surface area contributed by atoms with Gasteiger partial charge in [-0.05, 0) is 25.0 Å². The quantitative estimate of drug-likeness (QED) is 0.847. The van der Waals surface area contributed by atoms with Crippen molar-refractivity contribution < 1.29 is 9.90 Å². The standard InChI is InChI=1S/C10H11ClO2S/c11-8-4-3-7(14-8)10(9(12)13)5-1-2-6-10/h3-4H,1-2,5-6H2,(H,12,13). The number of carboxylic acid groups (broad SMARTS) is 1. The van der Waals surface area contributed by atoms with Crippen LogP contribution in [0.2, 0.25) is 4.34 Å². The number of halogens is 1. The van der Waals surface area contributed by atoms with Gasteiger partial charge in [0.1, 0.15) is 5.41 Å². The first-order valence-electron chi connectivity index (χ1n) is 4.64. The Hall–Kier alpha value is -0.540. The summed E-state index contributed by atoms with van der Waals surface area (Å²) < 4.78 is 0.674. The molecule has 1 heterocycles. The van der Waals surface area contributed by atoms with Crippen LogP contribution in [-0.2, 0) is 10.2 Å². The Balaban J connectivity index is 2.41. The lowest BCUT2D eigenvalue weighted by Gasteiger charge is -2.21. The van der Waals surface area contributed by atoms with Gasteiger partial charge >= 0.3 is 5.97 Å². The molecule has 1 fully saturated rings. The van der Waals surface area contributed by atoms with Crippen LogP contribution in [-0.4, -0.2) is 11.1 Å². The Morgan fingerprint density at radius 3 is 2.50 bits per heavy atom. The van der Waals surface area contributed by atoms with Gasteiger partial charge in [-0.1, -0.05) is 24.4 Å². The predicted molar refractivity (Wildman–Crippen MR) is 57.1 cm³/mol. The van der Waals surface area contributed by atoms with E-state index in [1.54, 1.807) is 6.07 Å². The van der Waals surface area contributed by atoms with E-state index in [-0.39, 0.29) is 0 Å². The number of hydrogen-bond acceptors (Lipinski definition) is 2. The maximum absolute atomic E-state index is 11.3. The number of carbonyl (C=O) groups is 1. The second-order valence-electron chi connectivity index (χ2n) is 3.70. The number of thiophene rings is 1. The molecule has 1 N–H and O–H groups in total. The van der Waals surface area contributed by atoms with Gasteiger partial charge in [0.25, 0.3) is 0 Å². The first-order valence-corrected chi connectivity index (χ1v) is 5.84. The molecule has 1 aliphatic rings. The van der Waals surface area contributed by atoms with Gasteiger partial charge in [0.15, 0.2) is 0 Å². The number of aliphatic carboxylic acids is 1. The number of rotatable bonds is 2. The van der Waals surface area contributed by atoms with Gasteiger partial charge in [0.2, 0.25) is 0 Å². The Bertz CT molecular complexity index is 353. The van der Waals surface area contributed by atoms with Crippen molar-refractivity contribution in [3.05, 3.63) is 21.3 Å². The molecule has 0 aromatic carbocycles. The van der Waals surface area contributed by atoms with Crippen molar-refractivity contribution in [2.24, 2.45) is 0 Å². The molecule has 0 radical (unpaired) electrons. The highest BCUT2D eigenvalue weighted by molar-refractivity contribution is 7.16. The van der Waals surface area contributed by atoms with Gasteiger partial charge in [-0.2, -0.15) is 0 Å². The Kier molecular flexibility index (Phi) is 2.54. The highest BCUT2D eigenvalue weighted by atomic mass is 35.5. The summed E-state index contributed by atoms with van der Waals surface area (Å²) in [6.45, 7) is 0. The zero-order chi connectivity index (χ0) is 10.2. The molecule has 1 aliphatic carbocycles. The van der Waals surface area contributed by atoms with E-state index in [1.165, 1.54) is 11.3 Å². The van der Waals surface area contributed by atoms with E-state index in [4.69, 9.17) is 11.6 Å². The zero-order valence-electron chi connectivity index (χ0n) is 7.62. The van der Waals surface area contributed by atoms with Crippen LogP contribution in [0.3, 0.4) is 0 Å².